The summed E-state index contributed by atoms with van der Waals surface area (Å²) in [4.78, 5) is 4.13. The molecule has 0 amide bonds. The normalized spacial score (nSPS) is 10.1. The van der Waals surface area contributed by atoms with Crippen LogP contribution in [0.3, 0.4) is 0 Å². The first-order chi connectivity index (χ1) is 7.78. The maximum absolute atomic E-state index is 5.77. The lowest BCUT2D eigenvalue weighted by Crippen LogP contribution is -1.98. The third kappa shape index (κ3) is 2.72. The lowest BCUT2D eigenvalue weighted by molar-refractivity contribution is 0.480. The molecular weight excluding hydrogens is 224 g/mol. The molecule has 0 saturated carbocycles. The van der Waals surface area contributed by atoms with Crippen LogP contribution in [0, 0.1) is 0 Å². The summed E-state index contributed by atoms with van der Waals surface area (Å²) in [5.74, 6) is 1.41. The van der Waals surface area contributed by atoms with Gasteiger partial charge in [0, 0.05) is 11.6 Å². The third-order valence-corrected chi connectivity index (χ3v) is 2.31. The summed E-state index contributed by atoms with van der Waals surface area (Å²) in [5, 5.41) is 0.684. The van der Waals surface area contributed by atoms with Crippen molar-refractivity contribution >= 4 is 11.6 Å². The van der Waals surface area contributed by atoms with Crippen molar-refractivity contribution in [3.8, 4) is 11.5 Å². The van der Waals surface area contributed by atoms with Crippen LogP contribution < -0.4 is 10.5 Å². The van der Waals surface area contributed by atoms with Gasteiger partial charge >= 0.3 is 0 Å². The first kappa shape index (κ1) is 10.9. The maximum Gasteiger partial charge on any atom is 0.145 e. The number of aromatic nitrogens is 1. The molecular formula is C12H11ClN2O. The van der Waals surface area contributed by atoms with Crippen LogP contribution in [-0.4, -0.2) is 4.98 Å². The van der Waals surface area contributed by atoms with Gasteiger partial charge in [0.25, 0.3) is 0 Å². The lowest BCUT2D eigenvalue weighted by atomic mass is 10.3. The van der Waals surface area contributed by atoms with E-state index in [9.17, 15) is 0 Å². The van der Waals surface area contributed by atoms with Crippen LogP contribution >= 0.6 is 11.6 Å². The minimum atomic E-state index is 0.432. The Balaban J connectivity index is 2.11. The summed E-state index contributed by atoms with van der Waals surface area (Å²) in [5.41, 5.74) is 6.29. The van der Waals surface area contributed by atoms with Crippen molar-refractivity contribution in [2.24, 2.45) is 5.73 Å². The van der Waals surface area contributed by atoms with E-state index in [1.807, 2.05) is 12.1 Å². The van der Waals surface area contributed by atoms with E-state index in [1.165, 1.54) is 0 Å². The Morgan fingerprint density at radius 1 is 1.06 bits per heavy atom. The SMILES string of the molecule is NCc1ccc(Oc2ccc(Cl)cc2)cn1. The minimum absolute atomic E-state index is 0.432. The summed E-state index contributed by atoms with van der Waals surface area (Å²) in [7, 11) is 0. The van der Waals surface area contributed by atoms with Gasteiger partial charge in [-0.05, 0) is 36.4 Å². The largest absolute Gasteiger partial charge is 0.456 e. The molecule has 16 heavy (non-hydrogen) atoms. The number of nitrogens with two attached hydrogens (primary N) is 1. The zero-order valence-corrected chi connectivity index (χ0v) is 9.32. The van der Waals surface area contributed by atoms with E-state index in [4.69, 9.17) is 22.1 Å². The number of halogens is 1. The molecule has 0 fully saturated rings. The Labute approximate surface area is 98.8 Å². The molecule has 0 saturated heterocycles. The molecule has 0 aliphatic carbocycles. The highest BCUT2D eigenvalue weighted by Gasteiger charge is 1.98. The molecule has 0 unspecified atom stereocenters. The van der Waals surface area contributed by atoms with Gasteiger partial charge < -0.3 is 10.5 Å². The Kier molecular flexibility index (Phi) is 3.39. The Bertz CT molecular complexity index is 453. The highest BCUT2D eigenvalue weighted by atomic mass is 35.5. The van der Waals surface area contributed by atoms with Crippen molar-refractivity contribution in [3.63, 3.8) is 0 Å². The molecule has 0 aliphatic rings. The van der Waals surface area contributed by atoms with Crippen LogP contribution in [0.2, 0.25) is 5.02 Å². The van der Waals surface area contributed by atoms with E-state index in [1.54, 1.807) is 30.5 Å². The van der Waals surface area contributed by atoms with Crippen LogP contribution in [0.5, 0.6) is 11.5 Å². The minimum Gasteiger partial charge on any atom is -0.456 e. The molecule has 1 aromatic heterocycles. The van der Waals surface area contributed by atoms with Gasteiger partial charge in [0.05, 0.1) is 11.9 Å². The summed E-state index contributed by atoms with van der Waals surface area (Å²) < 4.78 is 5.57. The molecule has 2 aromatic rings. The molecule has 82 valence electrons. The monoisotopic (exact) mass is 234 g/mol. The van der Waals surface area contributed by atoms with Crippen LogP contribution in [0.25, 0.3) is 0 Å². The molecule has 2 N–H and O–H groups in total. The maximum atomic E-state index is 5.77. The first-order valence-corrected chi connectivity index (χ1v) is 5.24. The third-order valence-electron chi connectivity index (χ3n) is 2.06. The number of benzene rings is 1. The molecule has 2 rings (SSSR count). The van der Waals surface area contributed by atoms with E-state index in [-0.39, 0.29) is 0 Å². The van der Waals surface area contributed by atoms with Crippen molar-refractivity contribution in [2.75, 3.05) is 0 Å². The predicted octanol–water partition coefficient (Wildman–Crippen LogP) is 2.99. The lowest BCUT2D eigenvalue weighted by Gasteiger charge is -2.05. The van der Waals surface area contributed by atoms with Gasteiger partial charge in [0.1, 0.15) is 11.5 Å². The quantitative estimate of drug-likeness (QED) is 0.888. The van der Waals surface area contributed by atoms with Crippen molar-refractivity contribution in [3.05, 3.63) is 53.3 Å². The van der Waals surface area contributed by atoms with Crippen LogP contribution in [0.15, 0.2) is 42.6 Å². The highest BCUT2D eigenvalue weighted by Crippen LogP contribution is 2.22. The fraction of sp³-hybridized carbons (Fsp3) is 0.0833. The van der Waals surface area contributed by atoms with Gasteiger partial charge in [-0.15, -0.1) is 0 Å². The Morgan fingerprint density at radius 2 is 1.75 bits per heavy atom. The zero-order valence-electron chi connectivity index (χ0n) is 8.56. The first-order valence-electron chi connectivity index (χ1n) is 4.86. The predicted molar refractivity (Wildman–Crippen MR) is 63.7 cm³/mol. The second-order valence-electron chi connectivity index (χ2n) is 3.25. The second kappa shape index (κ2) is 4.96. The second-order valence-corrected chi connectivity index (χ2v) is 3.68. The molecule has 0 aliphatic heterocycles. The number of ether oxygens (including phenoxy) is 1. The molecule has 0 bridgehead atoms. The van der Waals surface area contributed by atoms with Gasteiger partial charge in [-0.25, -0.2) is 0 Å². The van der Waals surface area contributed by atoms with E-state index >= 15 is 0 Å². The average molecular weight is 235 g/mol. The highest BCUT2D eigenvalue weighted by molar-refractivity contribution is 6.30. The van der Waals surface area contributed by atoms with Crippen molar-refractivity contribution in [2.45, 2.75) is 6.54 Å². The molecule has 1 aromatic carbocycles. The molecule has 0 atom stereocenters. The van der Waals surface area contributed by atoms with Gasteiger partial charge in [-0.3, -0.25) is 4.98 Å². The Hall–Kier alpha value is -1.58. The molecule has 0 spiro atoms. The summed E-state index contributed by atoms with van der Waals surface area (Å²) in [6.45, 7) is 0.432. The molecule has 3 nitrogen and oxygen atoms in total. The summed E-state index contributed by atoms with van der Waals surface area (Å²) >= 11 is 5.77. The van der Waals surface area contributed by atoms with E-state index in [2.05, 4.69) is 4.98 Å². The molecule has 0 radical (unpaired) electrons. The molecule has 1 heterocycles. The van der Waals surface area contributed by atoms with Gasteiger partial charge in [-0.1, -0.05) is 11.6 Å². The summed E-state index contributed by atoms with van der Waals surface area (Å²) in [6.07, 6.45) is 1.65. The number of pyridine rings is 1. The van der Waals surface area contributed by atoms with E-state index in [0.29, 0.717) is 17.3 Å². The van der Waals surface area contributed by atoms with E-state index < -0.39 is 0 Å². The standard InChI is InChI=1S/C12H11ClN2O/c13-9-1-4-11(5-2-9)16-12-6-3-10(7-14)15-8-12/h1-6,8H,7,14H2. The van der Waals surface area contributed by atoms with Crippen LogP contribution in [0.1, 0.15) is 5.69 Å². The van der Waals surface area contributed by atoms with Crippen molar-refractivity contribution < 1.29 is 4.74 Å². The average Bonchev–Trinajstić information content (AvgIpc) is 2.33. The smallest absolute Gasteiger partial charge is 0.145 e. The Morgan fingerprint density at radius 3 is 2.31 bits per heavy atom. The topological polar surface area (TPSA) is 48.1 Å². The van der Waals surface area contributed by atoms with Gasteiger partial charge in [0.15, 0.2) is 0 Å². The number of hydrogen-bond acceptors (Lipinski definition) is 3. The van der Waals surface area contributed by atoms with E-state index in [0.717, 1.165) is 11.4 Å². The number of hydrogen-bond donors (Lipinski definition) is 1. The fourth-order valence-corrected chi connectivity index (χ4v) is 1.36. The fourth-order valence-electron chi connectivity index (χ4n) is 1.23. The van der Waals surface area contributed by atoms with Crippen LogP contribution in [-0.2, 0) is 6.54 Å². The molecule has 4 heteroatoms. The number of nitrogens with zero attached hydrogens (tertiary/aromatic N) is 1. The van der Waals surface area contributed by atoms with Crippen molar-refractivity contribution in [1.82, 2.24) is 4.98 Å². The summed E-state index contributed by atoms with van der Waals surface area (Å²) in [6, 6.07) is 10.8. The van der Waals surface area contributed by atoms with Crippen LogP contribution in [0.4, 0.5) is 0 Å². The van der Waals surface area contributed by atoms with Gasteiger partial charge in [-0.2, -0.15) is 0 Å². The van der Waals surface area contributed by atoms with Crippen molar-refractivity contribution in [1.29, 1.82) is 0 Å². The zero-order chi connectivity index (χ0) is 11.4. The number of rotatable bonds is 3. The van der Waals surface area contributed by atoms with Gasteiger partial charge in [0.2, 0.25) is 0 Å².